The van der Waals surface area contributed by atoms with Crippen LogP contribution >= 0.6 is 46.3 Å². The average molecular weight is 241 g/mol. The van der Waals surface area contributed by atoms with Crippen molar-refractivity contribution in [2.45, 2.75) is 17.9 Å². The summed E-state index contributed by atoms with van der Waals surface area (Å²) in [6.07, 6.45) is 0. The Morgan fingerprint density at radius 1 is 1.58 bits per heavy atom. The van der Waals surface area contributed by atoms with Crippen molar-refractivity contribution in [2.24, 2.45) is 0 Å². The number of hydrogen-bond acceptors (Lipinski definition) is 2. The van der Waals surface area contributed by atoms with Gasteiger partial charge in [-0.3, -0.25) is 0 Å². The third-order valence-electron chi connectivity index (χ3n) is 1.36. The molecular weight excluding hydrogens is 231 g/mol. The first-order valence-corrected chi connectivity index (χ1v) is 6.42. The maximum Gasteiger partial charge on any atom is 0.0931 e. The molecule has 12 heavy (non-hydrogen) atoms. The largest absolute Gasteiger partial charge is 0.152 e. The molecule has 0 saturated carbocycles. The fourth-order valence-corrected chi connectivity index (χ4v) is 2.92. The van der Waals surface area contributed by atoms with E-state index in [4.69, 9.17) is 23.2 Å². The zero-order valence-electron chi connectivity index (χ0n) is 6.72. The minimum atomic E-state index is 0.521. The second-order valence-corrected chi connectivity index (χ2v) is 6.02. The van der Waals surface area contributed by atoms with Gasteiger partial charge in [0.1, 0.15) is 0 Å². The maximum atomic E-state index is 5.79. The first-order chi connectivity index (χ1) is 5.72. The van der Waals surface area contributed by atoms with Crippen LogP contribution in [-0.4, -0.2) is 11.1 Å². The zero-order chi connectivity index (χ0) is 8.97. The van der Waals surface area contributed by atoms with Crippen molar-refractivity contribution < 1.29 is 0 Å². The van der Waals surface area contributed by atoms with Crippen molar-refractivity contribution in [1.82, 2.24) is 0 Å². The molecule has 1 rings (SSSR count). The summed E-state index contributed by atoms with van der Waals surface area (Å²) >= 11 is 15.0. The molecule has 68 valence electrons. The predicted molar refractivity (Wildman–Crippen MR) is 60.8 cm³/mol. The molecule has 0 radical (unpaired) electrons. The van der Waals surface area contributed by atoms with Crippen molar-refractivity contribution in [3.8, 4) is 0 Å². The van der Waals surface area contributed by atoms with Gasteiger partial charge < -0.3 is 0 Å². The van der Waals surface area contributed by atoms with Crippen LogP contribution in [0.25, 0.3) is 0 Å². The molecule has 0 fully saturated rings. The Kier molecular flexibility index (Phi) is 4.80. The highest BCUT2D eigenvalue weighted by molar-refractivity contribution is 7.99. The Bertz CT molecular complexity index is 235. The van der Waals surface area contributed by atoms with E-state index in [0.717, 1.165) is 10.1 Å². The molecule has 0 aliphatic rings. The topological polar surface area (TPSA) is 0 Å². The smallest absolute Gasteiger partial charge is 0.0931 e. The molecule has 1 heterocycles. The van der Waals surface area contributed by atoms with Gasteiger partial charge in [-0.15, -0.1) is 22.9 Å². The number of hydrogen-bond donors (Lipinski definition) is 0. The molecule has 1 unspecified atom stereocenters. The van der Waals surface area contributed by atoms with E-state index in [2.05, 4.69) is 13.0 Å². The Morgan fingerprint density at radius 2 is 2.33 bits per heavy atom. The number of rotatable bonds is 4. The molecule has 0 bridgehead atoms. The van der Waals surface area contributed by atoms with Crippen molar-refractivity contribution in [2.75, 3.05) is 5.88 Å². The second-order valence-electron chi connectivity index (χ2n) is 2.48. The molecule has 1 aromatic heterocycles. The lowest BCUT2D eigenvalue weighted by Crippen LogP contribution is -1.96. The third kappa shape index (κ3) is 3.56. The highest BCUT2D eigenvalue weighted by Crippen LogP contribution is 2.26. The summed E-state index contributed by atoms with van der Waals surface area (Å²) in [5.41, 5.74) is 0. The molecule has 0 amide bonds. The highest BCUT2D eigenvalue weighted by Gasteiger charge is 2.02. The molecule has 0 aliphatic carbocycles. The number of thiophene rings is 1. The molecule has 0 aliphatic heterocycles. The van der Waals surface area contributed by atoms with Gasteiger partial charge in [-0.25, -0.2) is 0 Å². The normalized spacial score (nSPS) is 13.2. The molecule has 0 nitrogen and oxygen atoms in total. The van der Waals surface area contributed by atoms with E-state index < -0.39 is 0 Å². The van der Waals surface area contributed by atoms with Crippen molar-refractivity contribution in [3.05, 3.63) is 21.3 Å². The van der Waals surface area contributed by atoms with Crippen LogP contribution in [0.15, 0.2) is 12.1 Å². The van der Waals surface area contributed by atoms with Crippen LogP contribution in [0.1, 0.15) is 11.8 Å². The van der Waals surface area contributed by atoms with Crippen molar-refractivity contribution >= 4 is 46.3 Å². The minimum Gasteiger partial charge on any atom is -0.152 e. The number of halogens is 2. The summed E-state index contributed by atoms with van der Waals surface area (Å²) < 4.78 is 0.865. The van der Waals surface area contributed by atoms with Gasteiger partial charge in [0.2, 0.25) is 0 Å². The van der Waals surface area contributed by atoms with E-state index in [1.54, 1.807) is 11.3 Å². The summed E-state index contributed by atoms with van der Waals surface area (Å²) in [6, 6.07) is 4.01. The van der Waals surface area contributed by atoms with Crippen LogP contribution in [0.4, 0.5) is 0 Å². The first-order valence-electron chi connectivity index (χ1n) is 3.64. The predicted octanol–water partition coefficient (Wildman–Crippen LogP) is 4.26. The fourth-order valence-electron chi connectivity index (χ4n) is 0.698. The number of thioether (sulfide) groups is 1. The van der Waals surface area contributed by atoms with E-state index in [9.17, 15) is 0 Å². The monoisotopic (exact) mass is 240 g/mol. The molecular formula is C8H10Cl2S2. The van der Waals surface area contributed by atoms with Crippen LogP contribution in [-0.2, 0) is 5.75 Å². The van der Waals surface area contributed by atoms with Gasteiger partial charge in [0.25, 0.3) is 0 Å². The minimum absolute atomic E-state index is 0.521. The van der Waals surface area contributed by atoms with Gasteiger partial charge in [0.15, 0.2) is 0 Å². The van der Waals surface area contributed by atoms with Crippen LogP contribution in [0, 0.1) is 0 Å². The van der Waals surface area contributed by atoms with Crippen molar-refractivity contribution in [3.63, 3.8) is 0 Å². The first kappa shape index (κ1) is 10.7. The lowest BCUT2D eigenvalue weighted by molar-refractivity contribution is 1.12. The Labute approximate surface area is 91.3 Å². The van der Waals surface area contributed by atoms with E-state index in [1.165, 1.54) is 4.88 Å². The Morgan fingerprint density at radius 3 is 2.83 bits per heavy atom. The van der Waals surface area contributed by atoms with Gasteiger partial charge in [-0.1, -0.05) is 18.5 Å². The van der Waals surface area contributed by atoms with Crippen molar-refractivity contribution in [1.29, 1.82) is 0 Å². The average Bonchev–Trinajstić information content (AvgIpc) is 2.47. The standard InChI is InChI=1S/C8H10Cl2S2/c1-6(4-9)11-5-7-2-3-8(10)12-7/h2-3,6H,4-5H2,1H3. The molecule has 4 heteroatoms. The van der Waals surface area contributed by atoms with E-state index in [-0.39, 0.29) is 0 Å². The van der Waals surface area contributed by atoms with Crippen LogP contribution in [0.5, 0.6) is 0 Å². The van der Waals surface area contributed by atoms with E-state index >= 15 is 0 Å². The quantitative estimate of drug-likeness (QED) is 0.709. The molecule has 0 N–H and O–H groups in total. The van der Waals surface area contributed by atoms with E-state index in [0.29, 0.717) is 11.1 Å². The van der Waals surface area contributed by atoms with Crippen LogP contribution in [0.3, 0.4) is 0 Å². The summed E-state index contributed by atoms with van der Waals surface area (Å²) in [5.74, 6) is 1.73. The van der Waals surface area contributed by atoms with Gasteiger partial charge in [-0.2, -0.15) is 11.8 Å². The zero-order valence-corrected chi connectivity index (χ0v) is 9.86. The molecule has 0 spiro atoms. The van der Waals surface area contributed by atoms with Crippen LogP contribution < -0.4 is 0 Å². The lowest BCUT2D eigenvalue weighted by Gasteiger charge is -2.04. The number of alkyl halides is 1. The molecule has 1 aromatic rings. The lowest BCUT2D eigenvalue weighted by atomic mass is 10.5. The summed E-state index contributed by atoms with van der Waals surface area (Å²) in [5, 5.41) is 0.521. The summed E-state index contributed by atoms with van der Waals surface area (Å²) in [4.78, 5) is 1.32. The molecule has 1 atom stereocenters. The second kappa shape index (κ2) is 5.38. The van der Waals surface area contributed by atoms with Gasteiger partial charge in [0, 0.05) is 21.8 Å². The Balaban J connectivity index is 2.33. The van der Waals surface area contributed by atoms with E-state index in [1.807, 2.05) is 17.8 Å². The Hall–Kier alpha value is 0.630. The molecule has 0 saturated heterocycles. The van der Waals surface area contributed by atoms with Crippen LogP contribution in [0.2, 0.25) is 4.34 Å². The third-order valence-corrected chi connectivity index (χ3v) is 4.63. The summed E-state index contributed by atoms with van der Waals surface area (Å²) in [6.45, 7) is 2.13. The fraction of sp³-hybridized carbons (Fsp3) is 0.500. The van der Waals surface area contributed by atoms with Gasteiger partial charge in [-0.05, 0) is 12.1 Å². The SMILES string of the molecule is CC(CCl)SCc1ccc(Cl)s1. The molecule has 0 aromatic carbocycles. The van der Waals surface area contributed by atoms with Gasteiger partial charge in [0.05, 0.1) is 4.34 Å². The highest BCUT2D eigenvalue weighted by atomic mass is 35.5. The van der Waals surface area contributed by atoms with Gasteiger partial charge >= 0.3 is 0 Å². The summed E-state index contributed by atoms with van der Waals surface area (Å²) in [7, 11) is 0. The maximum absolute atomic E-state index is 5.79.